The molecule has 0 spiro atoms. The van der Waals surface area contributed by atoms with Gasteiger partial charge >= 0.3 is 7.60 Å². The molecule has 0 unspecified atom stereocenters. The predicted octanol–water partition coefficient (Wildman–Crippen LogP) is 2.73. The Morgan fingerprint density at radius 2 is 1.57 bits per heavy atom. The van der Waals surface area contributed by atoms with Gasteiger partial charge in [0.2, 0.25) is 0 Å². The summed E-state index contributed by atoms with van der Waals surface area (Å²) < 4.78 is 22.6. The van der Waals surface area contributed by atoms with E-state index in [2.05, 4.69) is 0 Å². The summed E-state index contributed by atoms with van der Waals surface area (Å²) in [4.78, 5) is 0. The molecule has 0 amide bonds. The van der Waals surface area contributed by atoms with Crippen LogP contribution in [0.4, 0.5) is 0 Å². The summed E-state index contributed by atoms with van der Waals surface area (Å²) in [5, 5.41) is 0. The summed E-state index contributed by atoms with van der Waals surface area (Å²) in [6.45, 7) is 6.68. The van der Waals surface area contributed by atoms with Crippen molar-refractivity contribution in [3.05, 3.63) is 0 Å². The zero-order valence-corrected chi connectivity index (χ0v) is 10.3. The van der Waals surface area contributed by atoms with Crippen LogP contribution < -0.4 is 5.73 Å². The summed E-state index contributed by atoms with van der Waals surface area (Å²) in [5.74, 6) is -0.499. The molecule has 0 aromatic rings. The highest BCUT2D eigenvalue weighted by molar-refractivity contribution is 7.54. The van der Waals surface area contributed by atoms with Crippen LogP contribution in [0.25, 0.3) is 0 Å². The molecule has 0 aliphatic rings. The van der Waals surface area contributed by atoms with Gasteiger partial charge in [0.1, 0.15) is 5.78 Å². The van der Waals surface area contributed by atoms with Crippen LogP contribution in [0, 0.1) is 0 Å². The molecule has 0 saturated carbocycles. The minimum Gasteiger partial charge on any atom is -0.318 e. The molecule has 0 fully saturated rings. The molecule has 0 radical (unpaired) electrons. The van der Waals surface area contributed by atoms with Crippen molar-refractivity contribution in [2.45, 2.75) is 45.8 Å². The molecule has 0 aliphatic carbocycles. The van der Waals surface area contributed by atoms with Crippen LogP contribution in [0.2, 0.25) is 0 Å². The zero-order chi connectivity index (χ0) is 11.0. The molecule has 5 heteroatoms. The Morgan fingerprint density at radius 1 is 1.14 bits per heavy atom. The maximum atomic E-state index is 12.1. The molecule has 0 aliphatic heterocycles. The van der Waals surface area contributed by atoms with E-state index in [1.165, 1.54) is 0 Å². The first-order valence-corrected chi connectivity index (χ1v) is 6.86. The minimum absolute atomic E-state index is 0.439. The smallest absolute Gasteiger partial charge is 0.318 e. The van der Waals surface area contributed by atoms with Crippen LogP contribution in [0.1, 0.15) is 40.0 Å². The third-order valence-corrected chi connectivity index (χ3v) is 4.04. The Labute approximate surface area is 86.7 Å². The monoisotopic (exact) mass is 223 g/mol. The Bertz CT molecular complexity index is 175. The van der Waals surface area contributed by atoms with Gasteiger partial charge < -0.3 is 14.8 Å². The maximum absolute atomic E-state index is 12.1. The van der Waals surface area contributed by atoms with Crippen molar-refractivity contribution < 1.29 is 13.6 Å². The van der Waals surface area contributed by atoms with E-state index in [0.29, 0.717) is 19.6 Å². The first-order valence-electron chi connectivity index (χ1n) is 5.25. The highest BCUT2D eigenvalue weighted by Gasteiger charge is 2.31. The molecule has 0 saturated heterocycles. The van der Waals surface area contributed by atoms with E-state index >= 15 is 0 Å². The van der Waals surface area contributed by atoms with Gasteiger partial charge in [0.05, 0.1) is 13.2 Å². The average molecular weight is 223 g/mol. The Hall–Kier alpha value is 0.110. The van der Waals surface area contributed by atoms with Gasteiger partial charge in [0.15, 0.2) is 0 Å². The summed E-state index contributed by atoms with van der Waals surface area (Å²) in [6.07, 6.45) is 2.23. The lowest BCUT2D eigenvalue weighted by molar-refractivity contribution is 0.196. The Morgan fingerprint density at radius 3 is 1.86 bits per heavy atom. The second kappa shape index (κ2) is 7.41. The number of hydrogen-bond donors (Lipinski definition) is 1. The lowest BCUT2D eigenvalue weighted by Crippen LogP contribution is -2.22. The van der Waals surface area contributed by atoms with Crippen molar-refractivity contribution in [1.82, 2.24) is 0 Å². The van der Waals surface area contributed by atoms with Crippen molar-refractivity contribution in [1.29, 1.82) is 0 Å². The average Bonchev–Trinajstić information content (AvgIpc) is 2.22. The molecule has 0 bridgehead atoms. The van der Waals surface area contributed by atoms with Crippen LogP contribution in [-0.4, -0.2) is 19.0 Å². The maximum Gasteiger partial charge on any atom is 0.347 e. The van der Waals surface area contributed by atoms with Gasteiger partial charge in [-0.15, -0.1) is 0 Å². The Kier molecular flexibility index (Phi) is 7.47. The predicted molar refractivity (Wildman–Crippen MR) is 58.4 cm³/mol. The van der Waals surface area contributed by atoms with Crippen LogP contribution in [-0.2, 0) is 13.6 Å². The molecule has 1 atom stereocenters. The quantitative estimate of drug-likeness (QED) is 0.643. The largest absolute Gasteiger partial charge is 0.347 e. The van der Waals surface area contributed by atoms with Crippen LogP contribution in [0.3, 0.4) is 0 Å². The second-order valence-electron chi connectivity index (χ2n) is 3.18. The van der Waals surface area contributed by atoms with Gasteiger partial charge in [-0.1, -0.05) is 20.8 Å². The molecular formula is C9H22NO3P. The Balaban J connectivity index is 4.25. The summed E-state index contributed by atoms with van der Waals surface area (Å²) in [5.41, 5.74) is 5.72. The van der Waals surface area contributed by atoms with Crippen molar-refractivity contribution >= 4 is 7.60 Å². The third kappa shape index (κ3) is 4.56. The van der Waals surface area contributed by atoms with E-state index in [1.807, 2.05) is 20.8 Å². The van der Waals surface area contributed by atoms with Gasteiger partial charge in [-0.2, -0.15) is 0 Å². The summed E-state index contributed by atoms with van der Waals surface area (Å²) >= 11 is 0. The molecule has 86 valence electrons. The third-order valence-electron chi connectivity index (χ3n) is 1.78. The standard InChI is InChI=1S/C9H22NO3P/c1-4-7-12-14(11,9(10)6-3)13-8-5-2/h9H,4-8,10H2,1-3H3/t9-/m1/s1. The molecule has 0 rings (SSSR count). The molecule has 4 nitrogen and oxygen atoms in total. The van der Waals surface area contributed by atoms with Gasteiger partial charge in [-0.25, -0.2) is 0 Å². The molecule has 0 aromatic carbocycles. The first-order chi connectivity index (χ1) is 6.60. The van der Waals surface area contributed by atoms with Gasteiger partial charge in [-0.3, -0.25) is 4.57 Å². The summed E-state index contributed by atoms with van der Waals surface area (Å²) in [7, 11) is -3.07. The van der Waals surface area contributed by atoms with E-state index < -0.39 is 13.4 Å². The zero-order valence-electron chi connectivity index (χ0n) is 9.36. The highest BCUT2D eigenvalue weighted by atomic mass is 31.2. The first kappa shape index (κ1) is 14.1. The topological polar surface area (TPSA) is 61.5 Å². The van der Waals surface area contributed by atoms with E-state index in [1.54, 1.807) is 0 Å². The van der Waals surface area contributed by atoms with Crippen LogP contribution in [0.5, 0.6) is 0 Å². The fourth-order valence-electron chi connectivity index (χ4n) is 0.889. The molecule has 0 aromatic heterocycles. The van der Waals surface area contributed by atoms with E-state index in [4.69, 9.17) is 14.8 Å². The lowest BCUT2D eigenvalue weighted by Gasteiger charge is -2.22. The fraction of sp³-hybridized carbons (Fsp3) is 1.00. The van der Waals surface area contributed by atoms with Crippen LogP contribution in [0.15, 0.2) is 0 Å². The van der Waals surface area contributed by atoms with Gasteiger partial charge in [0.25, 0.3) is 0 Å². The van der Waals surface area contributed by atoms with Gasteiger partial charge in [0, 0.05) is 0 Å². The highest BCUT2D eigenvalue weighted by Crippen LogP contribution is 2.52. The van der Waals surface area contributed by atoms with E-state index in [9.17, 15) is 4.57 Å². The molecule has 2 N–H and O–H groups in total. The summed E-state index contributed by atoms with van der Waals surface area (Å²) in [6, 6.07) is 0. The van der Waals surface area contributed by atoms with E-state index in [0.717, 1.165) is 12.8 Å². The normalized spacial score (nSPS) is 14.3. The van der Waals surface area contributed by atoms with Crippen molar-refractivity contribution in [3.63, 3.8) is 0 Å². The van der Waals surface area contributed by atoms with Crippen molar-refractivity contribution in [2.75, 3.05) is 13.2 Å². The van der Waals surface area contributed by atoms with Gasteiger partial charge in [-0.05, 0) is 19.3 Å². The minimum atomic E-state index is -3.07. The number of hydrogen-bond acceptors (Lipinski definition) is 4. The van der Waals surface area contributed by atoms with Crippen LogP contribution >= 0.6 is 7.60 Å². The lowest BCUT2D eigenvalue weighted by atomic mass is 10.5. The SMILES string of the molecule is CCCOP(=O)(OCCC)[C@@H](N)CC. The number of nitrogens with two attached hydrogens (primary N) is 1. The van der Waals surface area contributed by atoms with E-state index in [-0.39, 0.29) is 0 Å². The number of rotatable bonds is 8. The molecule has 0 heterocycles. The molecule has 14 heavy (non-hydrogen) atoms. The fourth-order valence-corrected chi connectivity index (χ4v) is 2.67. The van der Waals surface area contributed by atoms with Crippen molar-refractivity contribution in [3.8, 4) is 0 Å². The second-order valence-corrected chi connectivity index (χ2v) is 5.44. The van der Waals surface area contributed by atoms with Crippen molar-refractivity contribution in [2.24, 2.45) is 5.73 Å². The molecular weight excluding hydrogens is 201 g/mol.